The van der Waals surface area contributed by atoms with Crippen LogP contribution in [0.15, 0.2) is 0 Å². The molecular formula is C2H8O6P2. The summed E-state index contributed by atoms with van der Waals surface area (Å²) in [6.07, 6.45) is 0. The summed E-state index contributed by atoms with van der Waals surface area (Å²) >= 11 is 0. The predicted molar refractivity (Wildman–Crippen MR) is 34.3 cm³/mol. The van der Waals surface area contributed by atoms with Crippen LogP contribution in [0, 0.1) is 0 Å². The highest BCUT2D eigenvalue weighted by Gasteiger charge is 1.94. The second-order valence-electron chi connectivity index (χ2n) is 1.23. The van der Waals surface area contributed by atoms with E-state index in [4.69, 9.17) is 9.79 Å². The lowest BCUT2D eigenvalue weighted by Crippen LogP contribution is -1.94. The molecule has 8 heteroatoms. The molecule has 0 radical (unpaired) electrons. The Morgan fingerprint density at radius 1 is 1.00 bits per heavy atom. The van der Waals surface area contributed by atoms with Crippen LogP contribution in [0.5, 0.6) is 0 Å². The first-order chi connectivity index (χ1) is 4.63. The van der Waals surface area contributed by atoms with E-state index in [0.717, 1.165) is 0 Å². The Kier molecular flexibility index (Phi) is 6.22. The van der Waals surface area contributed by atoms with Crippen LogP contribution >= 0.6 is 16.5 Å². The van der Waals surface area contributed by atoms with Crippen LogP contribution in [0.1, 0.15) is 0 Å². The van der Waals surface area contributed by atoms with Gasteiger partial charge in [-0.25, -0.2) is 0 Å². The third-order valence-corrected chi connectivity index (χ3v) is 1.44. The normalized spacial score (nSPS) is 16.6. The molecule has 0 saturated heterocycles. The molecule has 0 spiro atoms. The van der Waals surface area contributed by atoms with Gasteiger partial charge in [0.1, 0.15) is 0 Å². The molecule has 62 valence electrons. The van der Waals surface area contributed by atoms with Gasteiger partial charge < -0.3 is 18.8 Å². The molecular weight excluding hydrogens is 182 g/mol. The third kappa shape index (κ3) is 8.30. The highest BCUT2D eigenvalue weighted by atomic mass is 31.1. The van der Waals surface area contributed by atoms with Crippen LogP contribution in [0.4, 0.5) is 0 Å². The van der Waals surface area contributed by atoms with Crippen LogP contribution in [0.3, 0.4) is 0 Å². The average molecular weight is 190 g/mol. The molecule has 0 heterocycles. The highest BCUT2D eigenvalue weighted by molar-refractivity contribution is 7.32. The molecule has 0 fully saturated rings. The van der Waals surface area contributed by atoms with Crippen molar-refractivity contribution in [3.8, 4) is 0 Å². The molecule has 0 aromatic heterocycles. The van der Waals surface area contributed by atoms with E-state index in [9.17, 15) is 9.13 Å². The minimum atomic E-state index is -2.93. The topological polar surface area (TPSA) is 93.1 Å². The Balaban J connectivity index is 3.06. The van der Waals surface area contributed by atoms with Gasteiger partial charge in [0.2, 0.25) is 0 Å². The summed E-state index contributed by atoms with van der Waals surface area (Å²) in [5, 5.41) is 0. The second-order valence-corrected chi connectivity index (χ2v) is 2.87. The summed E-state index contributed by atoms with van der Waals surface area (Å²) in [7, 11) is -5.87. The zero-order valence-corrected chi connectivity index (χ0v) is 6.94. The molecule has 0 aliphatic carbocycles. The van der Waals surface area contributed by atoms with Crippen molar-refractivity contribution in [3.05, 3.63) is 0 Å². The minimum absolute atomic E-state index is 0.148. The Morgan fingerprint density at radius 3 is 1.50 bits per heavy atom. The molecule has 0 aromatic rings. The maximum Gasteiger partial charge on any atom is 0.316 e. The van der Waals surface area contributed by atoms with Crippen LogP contribution in [-0.4, -0.2) is 23.0 Å². The van der Waals surface area contributed by atoms with Gasteiger partial charge in [-0.05, 0) is 0 Å². The molecule has 0 rings (SSSR count). The summed E-state index contributed by atoms with van der Waals surface area (Å²) < 4.78 is 27.9. The van der Waals surface area contributed by atoms with Gasteiger partial charge >= 0.3 is 16.5 Å². The van der Waals surface area contributed by atoms with Crippen LogP contribution in [0.25, 0.3) is 0 Å². The largest absolute Gasteiger partial charge is 0.326 e. The fourth-order valence-corrected chi connectivity index (χ4v) is 0.774. The summed E-state index contributed by atoms with van der Waals surface area (Å²) in [6.45, 7) is -0.295. The molecule has 2 N–H and O–H groups in total. The molecule has 0 aliphatic heterocycles. The standard InChI is InChI=1S/C2H8O6P2/c3-9(4)7-1-2-8-10(5)6/h9-10H,1-2H2,(H,3,4)(H,5,6). The Labute approximate surface area is 58.7 Å². The lowest BCUT2D eigenvalue weighted by molar-refractivity contribution is 0.198. The van der Waals surface area contributed by atoms with Gasteiger partial charge in [0, 0.05) is 0 Å². The van der Waals surface area contributed by atoms with Crippen molar-refractivity contribution in [1.29, 1.82) is 0 Å². The molecule has 10 heavy (non-hydrogen) atoms. The van der Waals surface area contributed by atoms with E-state index >= 15 is 0 Å². The maximum absolute atomic E-state index is 9.82. The van der Waals surface area contributed by atoms with Gasteiger partial charge in [0.05, 0.1) is 13.2 Å². The molecule has 0 aliphatic rings. The molecule has 0 aromatic carbocycles. The van der Waals surface area contributed by atoms with Crippen molar-refractivity contribution in [2.45, 2.75) is 0 Å². The van der Waals surface area contributed by atoms with Crippen LogP contribution in [-0.2, 0) is 18.2 Å². The van der Waals surface area contributed by atoms with E-state index in [2.05, 4.69) is 9.05 Å². The van der Waals surface area contributed by atoms with Crippen molar-refractivity contribution >= 4 is 16.5 Å². The number of hydrogen-bond donors (Lipinski definition) is 2. The third-order valence-electron chi connectivity index (χ3n) is 0.534. The number of hydrogen-bond acceptors (Lipinski definition) is 4. The second kappa shape index (κ2) is 6.04. The Morgan fingerprint density at radius 2 is 1.30 bits per heavy atom. The smallest absolute Gasteiger partial charge is 0.316 e. The van der Waals surface area contributed by atoms with E-state index < -0.39 is 16.5 Å². The van der Waals surface area contributed by atoms with E-state index in [1.165, 1.54) is 0 Å². The molecule has 0 bridgehead atoms. The Bertz CT molecular complexity index is 118. The van der Waals surface area contributed by atoms with E-state index in [0.29, 0.717) is 0 Å². The highest BCUT2D eigenvalue weighted by Crippen LogP contribution is 2.16. The number of rotatable bonds is 5. The molecule has 0 saturated carbocycles. The monoisotopic (exact) mass is 190 g/mol. The van der Waals surface area contributed by atoms with Crippen molar-refractivity contribution in [1.82, 2.24) is 0 Å². The van der Waals surface area contributed by atoms with Gasteiger partial charge in [-0.3, -0.25) is 9.13 Å². The van der Waals surface area contributed by atoms with Gasteiger partial charge in [0.15, 0.2) is 0 Å². The lowest BCUT2D eigenvalue weighted by Gasteiger charge is -1.97. The molecule has 0 amide bonds. The first kappa shape index (κ1) is 10.3. The molecule has 6 nitrogen and oxygen atoms in total. The summed E-state index contributed by atoms with van der Waals surface area (Å²) in [4.78, 5) is 16.1. The SMILES string of the molecule is O=[PH](O)OCCO[PH](=O)O. The van der Waals surface area contributed by atoms with E-state index in [1.54, 1.807) is 0 Å². The van der Waals surface area contributed by atoms with Crippen molar-refractivity contribution in [2.75, 3.05) is 13.2 Å². The maximum atomic E-state index is 9.82. The van der Waals surface area contributed by atoms with Crippen molar-refractivity contribution in [2.24, 2.45) is 0 Å². The van der Waals surface area contributed by atoms with E-state index in [1.807, 2.05) is 0 Å². The van der Waals surface area contributed by atoms with E-state index in [-0.39, 0.29) is 13.2 Å². The molecule has 2 atom stereocenters. The van der Waals surface area contributed by atoms with Crippen LogP contribution in [0.2, 0.25) is 0 Å². The zero-order valence-electron chi connectivity index (χ0n) is 4.94. The van der Waals surface area contributed by atoms with Gasteiger partial charge in [-0.15, -0.1) is 0 Å². The fraction of sp³-hybridized carbons (Fsp3) is 1.00. The first-order valence-corrected chi connectivity index (χ1v) is 4.87. The minimum Gasteiger partial charge on any atom is -0.326 e. The van der Waals surface area contributed by atoms with Crippen molar-refractivity contribution < 1.29 is 28.0 Å². The first-order valence-electron chi connectivity index (χ1n) is 2.34. The quantitative estimate of drug-likeness (QED) is 0.460. The molecule has 2 unspecified atom stereocenters. The Hall–Kier alpha value is 0.300. The fourth-order valence-electron chi connectivity index (χ4n) is 0.258. The average Bonchev–Trinajstić information content (AvgIpc) is 1.79. The summed E-state index contributed by atoms with van der Waals surface area (Å²) in [6, 6.07) is 0. The lowest BCUT2D eigenvalue weighted by atomic mass is 10.8. The summed E-state index contributed by atoms with van der Waals surface area (Å²) in [5.41, 5.74) is 0. The predicted octanol–water partition coefficient (Wildman–Crippen LogP) is -0.216. The van der Waals surface area contributed by atoms with Crippen molar-refractivity contribution in [3.63, 3.8) is 0 Å². The van der Waals surface area contributed by atoms with Gasteiger partial charge in [0.25, 0.3) is 0 Å². The van der Waals surface area contributed by atoms with Crippen LogP contribution < -0.4 is 0 Å². The zero-order chi connectivity index (χ0) is 7.98. The summed E-state index contributed by atoms with van der Waals surface area (Å²) in [5.74, 6) is 0. The van der Waals surface area contributed by atoms with Gasteiger partial charge in [-0.2, -0.15) is 0 Å². The van der Waals surface area contributed by atoms with Gasteiger partial charge in [-0.1, -0.05) is 0 Å².